The number of nitrogens with zero attached hydrogens (tertiary/aromatic N) is 3. The van der Waals surface area contributed by atoms with Crippen LogP contribution in [0.5, 0.6) is 0 Å². The maximum atomic E-state index is 13.2. The highest BCUT2D eigenvalue weighted by atomic mass is 32.1. The Labute approximate surface area is 92.3 Å². The van der Waals surface area contributed by atoms with Gasteiger partial charge >= 0.3 is 0 Å². The SMILES string of the molecule is O=C(Nc1nnns1)c1cccc(F)c1F. The molecule has 2 aromatic rings. The van der Waals surface area contributed by atoms with Crippen LogP contribution in [0.2, 0.25) is 0 Å². The maximum Gasteiger partial charge on any atom is 0.260 e. The van der Waals surface area contributed by atoms with Crippen LogP contribution in [-0.4, -0.2) is 20.7 Å². The van der Waals surface area contributed by atoms with Gasteiger partial charge in [-0.15, -0.1) is 0 Å². The highest BCUT2D eigenvalue weighted by molar-refractivity contribution is 7.09. The van der Waals surface area contributed by atoms with Crippen LogP contribution in [0.1, 0.15) is 10.4 Å². The van der Waals surface area contributed by atoms with E-state index in [1.165, 1.54) is 12.1 Å². The Balaban J connectivity index is 2.24. The molecule has 5 nitrogen and oxygen atoms in total. The zero-order valence-corrected chi connectivity index (χ0v) is 8.46. The van der Waals surface area contributed by atoms with E-state index in [1.807, 2.05) is 0 Å². The second-order valence-corrected chi connectivity index (χ2v) is 3.46. The number of carbonyl (C=O) groups is 1. The average Bonchev–Trinajstić information content (AvgIpc) is 2.74. The van der Waals surface area contributed by atoms with E-state index >= 15 is 0 Å². The summed E-state index contributed by atoms with van der Waals surface area (Å²) in [4.78, 5) is 11.5. The third-order valence-electron chi connectivity index (χ3n) is 1.72. The van der Waals surface area contributed by atoms with Crippen molar-refractivity contribution < 1.29 is 13.6 Å². The van der Waals surface area contributed by atoms with Crippen LogP contribution in [0.3, 0.4) is 0 Å². The molecule has 0 spiro atoms. The quantitative estimate of drug-likeness (QED) is 0.865. The summed E-state index contributed by atoms with van der Waals surface area (Å²) >= 11 is 0.836. The molecule has 82 valence electrons. The molecule has 0 unspecified atom stereocenters. The van der Waals surface area contributed by atoms with Gasteiger partial charge in [-0.3, -0.25) is 10.1 Å². The van der Waals surface area contributed by atoms with E-state index in [-0.39, 0.29) is 5.13 Å². The molecule has 2 rings (SSSR count). The molecule has 0 aliphatic heterocycles. The van der Waals surface area contributed by atoms with Gasteiger partial charge in [0.2, 0.25) is 5.13 Å². The third-order valence-corrected chi connectivity index (χ3v) is 2.23. The lowest BCUT2D eigenvalue weighted by Gasteiger charge is -2.02. The van der Waals surface area contributed by atoms with Gasteiger partial charge in [-0.25, -0.2) is 8.78 Å². The lowest BCUT2D eigenvalue weighted by molar-refractivity contribution is 0.102. The Morgan fingerprint density at radius 3 is 2.88 bits per heavy atom. The van der Waals surface area contributed by atoms with E-state index in [2.05, 4.69) is 20.1 Å². The lowest BCUT2D eigenvalue weighted by atomic mass is 10.2. The predicted molar refractivity (Wildman–Crippen MR) is 52.0 cm³/mol. The van der Waals surface area contributed by atoms with Crippen molar-refractivity contribution in [2.45, 2.75) is 0 Å². The Morgan fingerprint density at radius 1 is 1.38 bits per heavy atom. The molecule has 0 aliphatic carbocycles. The molecule has 8 heteroatoms. The van der Waals surface area contributed by atoms with Crippen molar-refractivity contribution in [1.82, 2.24) is 14.8 Å². The van der Waals surface area contributed by atoms with E-state index in [9.17, 15) is 13.6 Å². The van der Waals surface area contributed by atoms with Gasteiger partial charge in [-0.05, 0) is 17.3 Å². The van der Waals surface area contributed by atoms with E-state index < -0.39 is 23.1 Å². The van der Waals surface area contributed by atoms with E-state index in [0.717, 1.165) is 17.6 Å². The number of hydrogen-bond donors (Lipinski definition) is 1. The van der Waals surface area contributed by atoms with Crippen molar-refractivity contribution in [3.8, 4) is 0 Å². The molecule has 0 aliphatic rings. The van der Waals surface area contributed by atoms with E-state index in [4.69, 9.17) is 0 Å². The largest absolute Gasteiger partial charge is 0.295 e. The highest BCUT2D eigenvalue weighted by Crippen LogP contribution is 2.14. The van der Waals surface area contributed by atoms with Crippen molar-refractivity contribution >= 4 is 22.6 Å². The van der Waals surface area contributed by atoms with Crippen molar-refractivity contribution in [3.05, 3.63) is 35.4 Å². The van der Waals surface area contributed by atoms with Gasteiger partial charge in [0.15, 0.2) is 11.6 Å². The number of rotatable bonds is 2. The Morgan fingerprint density at radius 2 is 2.19 bits per heavy atom. The van der Waals surface area contributed by atoms with Gasteiger partial charge < -0.3 is 0 Å². The summed E-state index contributed by atoms with van der Waals surface area (Å²) in [6.07, 6.45) is 0. The van der Waals surface area contributed by atoms with Crippen molar-refractivity contribution in [1.29, 1.82) is 0 Å². The first-order chi connectivity index (χ1) is 7.68. The lowest BCUT2D eigenvalue weighted by Crippen LogP contribution is -2.14. The van der Waals surface area contributed by atoms with E-state index in [1.54, 1.807) is 0 Å². The van der Waals surface area contributed by atoms with Crippen molar-refractivity contribution in [2.24, 2.45) is 0 Å². The van der Waals surface area contributed by atoms with Crippen LogP contribution in [0.15, 0.2) is 18.2 Å². The number of carbonyl (C=O) groups excluding carboxylic acids is 1. The maximum absolute atomic E-state index is 13.2. The summed E-state index contributed by atoms with van der Waals surface area (Å²) in [6.45, 7) is 0. The molecule has 1 N–H and O–H groups in total. The monoisotopic (exact) mass is 242 g/mol. The normalized spacial score (nSPS) is 10.1. The fraction of sp³-hybridized carbons (Fsp3) is 0. The first-order valence-electron chi connectivity index (χ1n) is 4.09. The van der Waals surface area contributed by atoms with Gasteiger partial charge in [-0.2, -0.15) is 0 Å². The van der Waals surface area contributed by atoms with Crippen LogP contribution in [0, 0.1) is 11.6 Å². The molecule has 1 amide bonds. The van der Waals surface area contributed by atoms with Crippen molar-refractivity contribution in [3.63, 3.8) is 0 Å². The summed E-state index contributed by atoms with van der Waals surface area (Å²) in [7, 11) is 0. The summed E-state index contributed by atoms with van der Waals surface area (Å²) in [5.74, 6) is -3.07. The summed E-state index contributed by atoms with van der Waals surface area (Å²) in [5, 5.41) is 9.05. The molecule has 0 fully saturated rings. The number of aromatic nitrogens is 3. The zero-order valence-electron chi connectivity index (χ0n) is 7.65. The molecule has 1 aromatic heterocycles. The minimum absolute atomic E-state index is 0.119. The average molecular weight is 242 g/mol. The van der Waals surface area contributed by atoms with Crippen LogP contribution in [0.25, 0.3) is 0 Å². The smallest absolute Gasteiger partial charge is 0.260 e. The molecule has 0 saturated carbocycles. The minimum Gasteiger partial charge on any atom is -0.295 e. The zero-order chi connectivity index (χ0) is 11.5. The van der Waals surface area contributed by atoms with Crippen molar-refractivity contribution in [2.75, 3.05) is 5.32 Å². The van der Waals surface area contributed by atoms with Crippen LogP contribution < -0.4 is 5.32 Å². The first-order valence-corrected chi connectivity index (χ1v) is 4.86. The molecule has 16 heavy (non-hydrogen) atoms. The molecule has 0 atom stereocenters. The minimum atomic E-state index is -1.20. The number of anilines is 1. The topological polar surface area (TPSA) is 67.8 Å². The fourth-order valence-electron chi connectivity index (χ4n) is 1.03. The Bertz CT molecular complexity index is 517. The van der Waals surface area contributed by atoms with Crippen LogP contribution in [0.4, 0.5) is 13.9 Å². The first kappa shape index (κ1) is 10.6. The Kier molecular flexibility index (Phi) is 2.82. The van der Waals surface area contributed by atoms with Crippen LogP contribution >= 0.6 is 11.5 Å². The molecule has 0 bridgehead atoms. The highest BCUT2D eigenvalue weighted by Gasteiger charge is 2.16. The van der Waals surface area contributed by atoms with Gasteiger partial charge in [0.1, 0.15) is 0 Å². The second-order valence-electron chi connectivity index (χ2n) is 2.72. The van der Waals surface area contributed by atoms with Crippen LogP contribution in [-0.2, 0) is 0 Å². The Hall–Kier alpha value is -1.96. The van der Waals surface area contributed by atoms with Gasteiger partial charge in [0.25, 0.3) is 5.91 Å². The second kappa shape index (κ2) is 4.27. The summed E-state index contributed by atoms with van der Waals surface area (Å²) in [6, 6.07) is 3.34. The third kappa shape index (κ3) is 2.01. The standard InChI is InChI=1S/C8H4F2N4OS/c9-5-3-1-2-4(6(5)10)7(15)11-8-12-13-14-16-8/h1-3H,(H,11,12,14,15). The molecular weight excluding hydrogens is 238 g/mol. The predicted octanol–water partition coefficient (Wildman–Crippen LogP) is 1.46. The van der Waals surface area contributed by atoms with Gasteiger partial charge in [-0.1, -0.05) is 15.7 Å². The van der Waals surface area contributed by atoms with Gasteiger partial charge in [0, 0.05) is 11.5 Å². The number of hydrogen-bond acceptors (Lipinski definition) is 5. The summed E-state index contributed by atoms with van der Waals surface area (Å²) in [5.41, 5.74) is -0.393. The molecule has 1 heterocycles. The molecule has 0 saturated heterocycles. The molecular formula is C8H4F2N4OS. The number of amides is 1. The number of benzene rings is 1. The number of nitrogens with one attached hydrogen (secondary N) is 1. The van der Waals surface area contributed by atoms with Gasteiger partial charge in [0.05, 0.1) is 5.56 Å². The molecule has 0 radical (unpaired) electrons. The fourth-order valence-corrected chi connectivity index (χ4v) is 1.39. The van der Waals surface area contributed by atoms with E-state index in [0.29, 0.717) is 0 Å². The number of halogens is 2. The summed E-state index contributed by atoms with van der Waals surface area (Å²) < 4.78 is 29.4. The molecule has 1 aromatic carbocycles.